The van der Waals surface area contributed by atoms with E-state index in [1.165, 1.54) is 11.1 Å². The average molecular weight is 334 g/mol. The SMILES string of the molecule is CCn1c(SCc2ccc(C#N)cc2)nnc1-c1ccccc1C. The van der Waals surface area contributed by atoms with Crippen LogP contribution in [-0.4, -0.2) is 14.8 Å². The Labute approximate surface area is 146 Å². The highest BCUT2D eigenvalue weighted by atomic mass is 32.2. The van der Waals surface area contributed by atoms with Crippen molar-refractivity contribution in [2.24, 2.45) is 0 Å². The maximum atomic E-state index is 8.86. The van der Waals surface area contributed by atoms with Crippen LogP contribution in [0.3, 0.4) is 0 Å². The van der Waals surface area contributed by atoms with E-state index in [2.05, 4.69) is 46.8 Å². The highest BCUT2D eigenvalue weighted by molar-refractivity contribution is 7.98. The van der Waals surface area contributed by atoms with Crippen LogP contribution in [0.1, 0.15) is 23.6 Å². The molecule has 5 heteroatoms. The normalized spacial score (nSPS) is 10.5. The van der Waals surface area contributed by atoms with E-state index in [1.807, 2.05) is 36.4 Å². The van der Waals surface area contributed by atoms with Crippen molar-refractivity contribution in [3.8, 4) is 17.5 Å². The van der Waals surface area contributed by atoms with E-state index in [4.69, 9.17) is 5.26 Å². The fourth-order valence-electron chi connectivity index (χ4n) is 2.53. The second-order valence-corrected chi connectivity index (χ2v) is 6.41. The van der Waals surface area contributed by atoms with Crippen molar-refractivity contribution in [2.45, 2.75) is 31.3 Å². The van der Waals surface area contributed by atoms with E-state index < -0.39 is 0 Å². The van der Waals surface area contributed by atoms with Gasteiger partial charge in [0.25, 0.3) is 0 Å². The maximum Gasteiger partial charge on any atom is 0.191 e. The molecule has 0 atom stereocenters. The summed E-state index contributed by atoms with van der Waals surface area (Å²) in [6, 6.07) is 18.0. The van der Waals surface area contributed by atoms with Crippen molar-refractivity contribution >= 4 is 11.8 Å². The van der Waals surface area contributed by atoms with Gasteiger partial charge in [-0.15, -0.1) is 10.2 Å². The summed E-state index contributed by atoms with van der Waals surface area (Å²) in [7, 11) is 0. The first-order valence-electron chi connectivity index (χ1n) is 7.84. The number of aromatic nitrogens is 3. The van der Waals surface area contributed by atoms with Crippen LogP contribution in [0.15, 0.2) is 53.7 Å². The number of hydrogen-bond donors (Lipinski definition) is 0. The third-order valence-corrected chi connectivity index (χ3v) is 4.91. The van der Waals surface area contributed by atoms with E-state index in [0.29, 0.717) is 5.56 Å². The van der Waals surface area contributed by atoms with E-state index >= 15 is 0 Å². The first-order valence-corrected chi connectivity index (χ1v) is 8.82. The number of aryl methyl sites for hydroxylation is 1. The number of rotatable bonds is 5. The first-order chi connectivity index (χ1) is 11.7. The Morgan fingerprint density at radius 1 is 1.08 bits per heavy atom. The van der Waals surface area contributed by atoms with Crippen molar-refractivity contribution in [1.29, 1.82) is 5.26 Å². The third-order valence-electron chi connectivity index (χ3n) is 3.87. The number of nitrogens with zero attached hydrogens (tertiary/aromatic N) is 4. The van der Waals surface area contributed by atoms with Gasteiger partial charge in [0.15, 0.2) is 11.0 Å². The van der Waals surface area contributed by atoms with Gasteiger partial charge in [0, 0.05) is 17.9 Å². The largest absolute Gasteiger partial charge is 0.302 e. The number of hydrogen-bond acceptors (Lipinski definition) is 4. The Hall–Kier alpha value is -2.58. The lowest BCUT2D eigenvalue weighted by molar-refractivity contribution is 0.687. The fraction of sp³-hybridized carbons (Fsp3) is 0.211. The van der Waals surface area contributed by atoms with Crippen molar-refractivity contribution in [1.82, 2.24) is 14.8 Å². The van der Waals surface area contributed by atoms with Gasteiger partial charge in [0.05, 0.1) is 11.6 Å². The summed E-state index contributed by atoms with van der Waals surface area (Å²) in [5.74, 6) is 1.72. The molecule has 3 aromatic rings. The molecule has 0 saturated heterocycles. The number of thioether (sulfide) groups is 1. The van der Waals surface area contributed by atoms with Crippen LogP contribution in [0.25, 0.3) is 11.4 Å². The van der Waals surface area contributed by atoms with Crippen LogP contribution in [0.5, 0.6) is 0 Å². The van der Waals surface area contributed by atoms with Crippen LogP contribution in [0.4, 0.5) is 0 Å². The van der Waals surface area contributed by atoms with Crippen molar-refractivity contribution in [2.75, 3.05) is 0 Å². The molecule has 1 aromatic heterocycles. The highest BCUT2D eigenvalue weighted by Gasteiger charge is 2.14. The Bertz CT molecular complexity index is 875. The number of benzene rings is 2. The van der Waals surface area contributed by atoms with E-state index in [0.717, 1.165) is 28.8 Å². The monoisotopic (exact) mass is 334 g/mol. The lowest BCUT2D eigenvalue weighted by Gasteiger charge is -2.09. The molecule has 0 amide bonds. The quantitative estimate of drug-likeness (QED) is 0.647. The number of nitriles is 1. The van der Waals surface area contributed by atoms with Crippen LogP contribution in [0, 0.1) is 18.3 Å². The summed E-state index contributed by atoms with van der Waals surface area (Å²) in [4.78, 5) is 0. The summed E-state index contributed by atoms with van der Waals surface area (Å²) in [6.45, 7) is 5.02. The molecular weight excluding hydrogens is 316 g/mol. The minimum absolute atomic E-state index is 0.683. The van der Waals surface area contributed by atoms with Crippen molar-refractivity contribution in [3.63, 3.8) is 0 Å². The Morgan fingerprint density at radius 3 is 2.50 bits per heavy atom. The second kappa shape index (κ2) is 7.33. The van der Waals surface area contributed by atoms with Gasteiger partial charge in [0.2, 0.25) is 0 Å². The summed E-state index contributed by atoms with van der Waals surface area (Å²) < 4.78 is 2.15. The Balaban J connectivity index is 1.82. The molecule has 0 aliphatic rings. The van der Waals surface area contributed by atoms with E-state index in [9.17, 15) is 0 Å². The molecule has 0 saturated carbocycles. The van der Waals surface area contributed by atoms with Gasteiger partial charge in [-0.25, -0.2) is 0 Å². The standard InChI is InChI=1S/C19H18N4S/c1-3-23-18(17-7-5-4-6-14(17)2)21-22-19(23)24-13-16-10-8-15(12-20)9-11-16/h4-11H,3,13H2,1-2H3. The van der Waals surface area contributed by atoms with Crippen LogP contribution in [0.2, 0.25) is 0 Å². The van der Waals surface area contributed by atoms with Gasteiger partial charge < -0.3 is 4.57 Å². The summed E-state index contributed by atoms with van der Waals surface area (Å²) in [5.41, 5.74) is 4.17. The molecule has 120 valence electrons. The molecule has 0 fully saturated rings. The summed E-state index contributed by atoms with van der Waals surface area (Å²) >= 11 is 1.67. The smallest absolute Gasteiger partial charge is 0.191 e. The molecule has 4 nitrogen and oxygen atoms in total. The summed E-state index contributed by atoms with van der Waals surface area (Å²) in [6.07, 6.45) is 0. The van der Waals surface area contributed by atoms with Crippen LogP contribution < -0.4 is 0 Å². The molecule has 0 aliphatic carbocycles. The first kappa shape index (κ1) is 16.3. The zero-order chi connectivity index (χ0) is 16.9. The molecule has 0 spiro atoms. The molecule has 1 heterocycles. The third kappa shape index (κ3) is 3.34. The molecule has 24 heavy (non-hydrogen) atoms. The van der Waals surface area contributed by atoms with Crippen molar-refractivity contribution < 1.29 is 0 Å². The van der Waals surface area contributed by atoms with Gasteiger partial charge in [-0.05, 0) is 37.1 Å². The highest BCUT2D eigenvalue weighted by Crippen LogP contribution is 2.28. The van der Waals surface area contributed by atoms with Gasteiger partial charge in [-0.1, -0.05) is 48.2 Å². The lowest BCUT2D eigenvalue weighted by atomic mass is 10.1. The van der Waals surface area contributed by atoms with E-state index in [1.54, 1.807) is 11.8 Å². The van der Waals surface area contributed by atoms with Gasteiger partial charge in [-0.2, -0.15) is 5.26 Å². The van der Waals surface area contributed by atoms with Crippen molar-refractivity contribution in [3.05, 3.63) is 65.2 Å². The average Bonchev–Trinajstić information content (AvgIpc) is 3.03. The van der Waals surface area contributed by atoms with E-state index in [-0.39, 0.29) is 0 Å². The zero-order valence-electron chi connectivity index (χ0n) is 13.7. The minimum Gasteiger partial charge on any atom is -0.302 e. The molecular formula is C19H18N4S. The fourth-order valence-corrected chi connectivity index (χ4v) is 3.49. The predicted octanol–water partition coefficient (Wildman–Crippen LogP) is 4.44. The van der Waals surface area contributed by atoms with Crippen LogP contribution >= 0.6 is 11.8 Å². The van der Waals surface area contributed by atoms with Crippen LogP contribution in [-0.2, 0) is 12.3 Å². The Morgan fingerprint density at radius 2 is 1.83 bits per heavy atom. The second-order valence-electron chi connectivity index (χ2n) is 5.46. The molecule has 0 aliphatic heterocycles. The molecule has 2 aromatic carbocycles. The maximum absolute atomic E-state index is 8.86. The van der Waals surface area contributed by atoms with Gasteiger partial charge in [0.1, 0.15) is 0 Å². The van der Waals surface area contributed by atoms with Gasteiger partial charge in [-0.3, -0.25) is 0 Å². The zero-order valence-corrected chi connectivity index (χ0v) is 14.5. The lowest BCUT2D eigenvalue weighted by Crippen LogP contribution is -2.00. The molecule has 3 rings (SSSR count). The molecule has 0 N–H and O–H groups in total. The topological polar surface area (TPSA) is 54.5 Å². The summed E-state index contributed by atoms with van der Waals surface area (Å²) in [5, 5.41) is 18.6. The van der Waals surface area contributed by atoms with Gasteiger partial charge >= 0.3 is 0 Å². The predicted molar refractivity (Wildman–Crippen MR) is 96.6 cm³/mol. The molecule has 0 unspecified atom stereocenters. The molecule has 0 bridgehead atoms. The minimum atomic E-state index is 0.683. The Kier molecular flexibility index (Phi) is 4.97. The molecule has 0 radical (unpaired) electrons.